The molecule has 4 heteroatoms. The Kier molecular flexibility index (Phi) is 5.60. The standard InChI is InChI=1S/C14H24N2OS/c1-3-6-15-13(12-4-7-17-8-5-12)9-14-16-11(2)10-18-14/h10,12-13,15H,3-9H2,1-2H3. The molecule has 0 aliphatic carbocycles. The van der Waals surface area contributed by atoms with E-state index >= 15 is 0 Å². The Bertz CT molecular complexity index is 347. The van der Waals surface area contributed by atoms with Crippen LogP contribution in [0.5, 0.6) is 0 Å². The van der Waals surface area contributed by atoms with Crippen molar-refractivity contribution < 1.29 is 4.74 Å². The van der Waals surface area contributed by atoms with Gasteiger partial charge in [-0.05, 0) is 38.6 Å². The van der Waals surface area contributed by atoms with E-state index in [9.17, 15) is 0 Å². The second-order valence-corrected chi connectivity index (χ2v) is 6.04. The number of hydrogen-bond donors (Lipinski definition) is 1. The van der Waals surface area contributed by atoms with Gasteiger partial charge in [0.1, 0.15) is 0 Å². The summed E-state index contributed by atoms with van der Waals surface area (Å²) in [7, 11) is 0. The number of ether oxygens (including phenoxy) is 1. The Morgan fingerprint density at radius 1 is 1.50 bits per heavy atom. The van der Waals surface area contributed by atoms with Crippen LogP contribution < -0.4 is 5.32 Å². The first kappa shape index (κ1) is 14.0. The molecule has 102 valence electrons. The van der Waals surface area contributed by atoms with E-state index in [0.29, 0.717) is 6.04 Å². The van der Waals surface area contributed by atoms with Crippen LogP contribution in [0.3, 0.4) is 0 Å². The van der Waals surface area contributed by atoms with Crippen LogP contribution in [-0.4, -0.2) is 30.8 Å². The average molecular weight is 268 g/mol. The molecule has 0 saturated carbocycles. The number of rotatable bonds is 6. The normalized spacial score (nSPS) is 19.0. The van der Waals surface area contributed by atoms with E-state index in [-0.39, 0.29) is 0 Å². The van der Waals surface area contributed by atoms with Crippen molar-refractivity contribution in [3.8, 4) is 0 Å². The van der Waals surface area contributed by atoms with Gasteiger partial charge < -0.3 is 10.1 Å². The summed E-state index contributed by atoms with van der Waals surface area (Å²) < 4.78 is 5.47. The van der Waals surface area contributed by atoms with Crippen LogP contribution >= 0.6 is 11.3 Å². The molecule has 0 amide bonds. The largest absolute Gasteiger partial charge is 0.381 e. The molecule has 1 fully saturated rings. The lowest BCUT2D eigenvalue weighted by Crippen LogP contribution is -2.41. The van der Waals surface area contributed by atoms with Crippen LogP contribution in [0.25, 0.3) is 0 Å². The summed E-state index contributed by atoms with van der Waals surface area (Å²) in [4.78, 5) is 4.60. The molecule has 1 saturated heterocycles. The molecule has 0 bridgehead atoms. The van der Waals surface area contributed by atoms with Gasteiger partial charge >= 0.3 is 0 Å². The van der Waals surface area contributed by atoms with Crippen molar-refractivity contribution in [2.24, 2.45) is 5.92 Å². The minimum Gasteiger partial charge on any atom is -0.381 e. The van der Waals surface area contributed by atoms with Gasteiger partial charge in [0.25, 0.3) is 0 Å². The molecule has 0 radical (unpaired) electrons. The quantitative estimate of drug-likeness (QED) is 0.861. The molecule has 1 aromatic heterocycles. The lowest BCUT2D eigenvalue weighted by Gasteiger charge is -2.30. The van der Waals surface area contributed by atoms with Crippen LogP contribution in [0.4, 0.5) is 0 Å². The second kappa shape index (κ2) is 7.22. The van der Waals surface area contributed by atoms with Crippen molar-refractivity contribution in [1.29, 1.82) is 0 Å². The number of nitrogens with one attached hydrogen (secondary N) is 1. The van der Waals surface area contributed by atoms with Gasteiger partial charge in [-0.2, -0.15) is 0 Å². The second-order valence-electron chi connectivity index (χ2n) is 5.10. The lowest BCUT2D eigenvalue weighted by atomic mass is 9.90. The smallest absolute Gasteiger partial charge is 0.0943 e. The fraction of sp³-hybridized carbons (Fsp3) is 0.786. The monoisotopic (exact) mass is 268 g/mol. The first-order valence-corrected chi connectivity index (χ1v) is 7.89. The van der Waals surface area contributed by atoms with Crippen LogP contribution in [0.1, 0.15) is 36.9 Å². The Balaban J connectivity index is 1.94. The molecule has 1 atom stereocenters. The summed E-state index contributed by atoms with van der Waals surface area (Å²) in [6.07, 6.45) is 4.64. The van der Waals surface area contributed by atoms with E-state index in [1.54, 1.807) is 11.3 Å². The Hall–Kier alpha value is -0.450. The highest BCUT2D eigenvalue weighted by Gasteiger charge is 2.24. The molecule has 1 aromatic rings. The van der Waals surface area contributed by atoms with Crippen LogP contribution in [-0.2, 0) is 11.2 Å². The van der Waals surface area contributed by atoms with E-state index in [1.165, 1.54) is 24.3 Å². The van der Waals surface area contributed by atoms with E-state index in [1.807, 2.05) is 0 Å². The number of thiazole rings is 1. The number of aryl methyl sites for hydroxylation is 1. The van der Waals surface area contributed by atoms with Crippen molar-refractivity contribution in [3.63, 3.8) is 0 Å². The molecule has 0 aromatic carbocycles. The lowest BCUT2D eigenvalue weighted by molar-refractivity contribution is 0.0537. The van der Waals surface area contributed by atoms with E-state index in [4.69, 9.17) is 4.74 Å². The Morgan fingerprint density at radius 2 is 2.28 bits per heavy atom. The van der Waals surface area contributed by atoms with Crippen LogP contribution in [0.2, 0.25) is 0 Å². The maximum atomic E-state index is 5.47. The van der Waals surface area contributed by atoms with Crippen molar-refractivity contribution in [1.82, 2.24) is 10.3 Å². The number of hydrogen-bond acceptors (Lipinski definition) is 4. The first-order valence-electron chi connectivity index (χ1n) is 7.01. The van der Waals surface area contributed by atoms with Gasteiger partial charge in [0, 0.05) is 36.8 Å². The maximum absolute atomic E-state index is 5.47. The van der Waals surface area contributed by atoms with Gasteiger partial charge in [-0.15, -0.1) is 11.3 Å². The highest BCUT2D eigenvalue weighted by atomic mass is 32.1. The molecular formula is C14H24N2OS. The first-order chi connectivity index (χ1) is 8.79. The minimum absolute atomic E-state index is 0.569. The molecule has 1 aliphatic heterocycles. The Morgan fingerprint density at radius 3 is 2.89 bits per heavy atom. The fourth-order valence-corrected chi connectivity index (χ4v) is 3.37. The predicted molar refractivity (Wildman–Crippen MR) is 76.2 cm³/mol. The summed E-state index contributed by atoms with van der Waals surface area (Å²) in [5.74, 6) is 0.745. The van der Waals surface area contributed by atoms with Crippen molar-refractivity contribution >= 4 is 11.3 Å². The number of aromatic nitrogens is 1. The van der Waals surface area contributed by atoms with Gasteiger partial charge in [0.15, 0.2) is 0 Å². The van der Waals surface area contributed by atoms with Crippen LogP contribution in [0.15, 0.2) is 5.38 Å². The zero-order valence-corrected chi connectivity index (χ0v) is 12.3. The van der Waals surface area contributed by atoms with E-state index in [2.05, 4.69) is 29.5 Å². The summed E-state index contributed by atoms with van der Waals surface area (Å²) in [6, 6.07) is 0.569. The third kappa shape index (κ3) is 4.04. The Labute approximate surface area is 114 Å². The molecule has 3 nitrogen and oxygen atoms in total. The van der Waals surface area contributed by atoms with Gasteiger partial charge in [-0.1, -0.05) is 6.92 Å². The number of nitrogens with zero attached hydrogens (tertiary/aromatic N) is 1. The van der Waals surface area contributed by atoms with Crippen molar-refractivity contribution in [2.45, 2.75) is 45.6 Å². The van der Waals surface area contributed by atoms with Crippen molar-refractivity contribution in [3.05, 3.63) is 16.1 Å². The third-order valence-electron chi connectivity index (χ3n) is 3.55. The van der Waals surface area contributed by atoms with Gasteiger partial charge in [-0.3, -0.25) is 0 Å². The fourth-order valence-electron chi connectivity index (χ4n) is 2.54. The molecule has 2 rings (SSSR count). The zero-order chi connectivity index (χ0) is 12.8. The summed E-state index contributed by atoms with van der Waals surface area (Å²) >= 11 is 1.79. The molecule has 0 spiro atoms. The predicted octanol–water partition coefficient (Wildman–Crippen LogP) is 2.79. The maximum Gasteiger partial charge on any atom is 0.0943 e. The molecule has 1 N–H and O–H groups in total. The summed E-state index contributed by atoms with van der Waals surface area (Å²) in [5, 5.41) is 7.13. The molecule has 1 unspecified atom stereocenters. The minimum atomic E-state index is 0.569. The molecule has 1 aliphatic rings. The third-order valence-corrected chi connectivity index (χ3v) is 4.54. The topological polar surface area (TPSA) is 34.2 Å². The van der Waals surface area contributed by atoms with Crippen molar-refractivity contribution in [2.75, 3.05) is 19.8 Å². The summed E-state index contributed by atoms with van der Waals surface area (Å²) in [5.41, 5.74) is 1.15. The highest BCUT2D eigenvalue weighted by molar-refractivity contribution is 7.09. The zero-order valence-electron chi connectivity index (χ0n) is 11.4. The molecule has 2 heterocycles. The molecular weight excluding hydrogens is 244 g/mol. The van der Waals surface area contributed by atoms with Crippen LogP contribution in [0, 0.1) is 12.8 Å². The van der Waals surface area contributed by atoms with Gasteiger partial charge in [0.2, 0.25) is 0 Å². The van der Waals surface area contributed by atoms with Gasteiger partial charge in [-0.25, -0.2) is 4.98 Å². The van der Waals surface area contributed by atoms with E-state index in [0.717, 1.165) is 37.8 Å². The average Bonchev–Trinajstić information content (AvgIpc) is 2.81. The highest BCUT2D eigenvalue weighted by Crippen LogP contribution is 2.23. The summed E-state index contributed by atoms with van der Waals surface area (Å²) in [6.45, 7) is 7.24. The van der Waals surface area contributed by atoms with Gasteiger partial charge in [0.05, 0.1) is 5.01 Å². The molecule has 18 heavy (non-hydrogen) atoms. The SMILES string of the molecule is CCCNC(Cc1nc(C)cs1)C1CCOCC1. The van der Waals surface area contributed by atoms with E-state index < -0.39 is 0 Å².